The van der Waals surface area contributed by atoms with Crippen molar-refractivity contribution in [2.45, 2.75) is 58.2 Å². The minimum absolute atomic E-state index is 0.0474. The topological polar surface area (TPSA) is 46.5 Å². The number of aryl methyl sites for hydroxylation is 1. The largest absolute Gasteiger partial charge is 0.497 e. The van der Waals surface area contributed by atoms with Crippen molar-refractivity contribution in [3.8, 4) is 5.75 Å². The van der Waals surface area contributed by atoms with Crippen LogP contribution in [0.2, 0.25) is 0 Å². The number of anilines is 1. The molecular formula is C27H33N3O2. The molecule has 2 amide bonds. The maximum Gasteiger partial charge on any atom is 0.322 e. The monoisotopic (exact) mass is 431 g/mol. The summed E-state index contributed by atoms with van der Waals surface area (Å²) in [5, 5.41) is 3.10. The highest BCUT2D eigenvalue weighted by molar-refractivity contribution is 5.89. The van der Waals surface area contributed by atoms with E-state index in [0.29, 0.717) is 6.54 Å². The molecule has 0 aliphatic heterocycles. The molecule has 1 aliphatic rings. The lowest BCUT2D eigenvalue weighted by molar-refractivity contribution is 0.161. The molecule has 1 fully saturated rings. The zero-order chi connectivity index (χ0) is 22.3. The van der Waals surface area contributed by atoms with Crippen molar-refractivity contribution < 1.29 is 9.53 Å². The van der Waals surface area contributed by atoms with Gasteiger partial charge in [0.1, 0.15) is 5.75 Å². The van der Waals surface area contributed by atoms with Crippen LogP contribution >= 0.6 is 0 Å². The van der Waals surface area contributed by atoms with Gasteiger partial charge in [-0.3, -0.25) is 0 Å². The number of carbonyl (C=O) groups excluding carboxylic acids is 1. The summed E-state index contributed by atoms with van der Waals surface area (Å²) in [6, 6.07) is 20.4. The van der Waals surface area contributed by atoms with Crippen molar-refractivity contribution in [3.05, 3.63) is 83.7 Å². The van der Waals surface area contributed by atoms with Crippen LogP contribution < -0.4 is 10.1 Å². The first kappa shape index (κ1) is 22.0. The highest BCUT2D eigenvalue weighted by Crippen LogP contribution is 2.26. The average Bonchev–Trinajstić information content (AvgIpc) is 3.26. The fraction of sp³-hybridized carbons (Fsp3) is 0.370. The number of benzene rings is 2. The molecule has 1 heterocycles. The molecule has 1 aromatic heterocycles. The molecule has 1 saturated carbocycles. The summed E-state index contributed by atoms with van der Waals surface area (Å²) in [4.78, 5) is 15.5. The Kier molecular flexibility index (Phi) is 7.15. The Morgan fingerprint density at radius 2 is 1.88 bits per heavy atom. The van der Waals surface area contributed by atoms with Gasteiger partial charge in [0.2, 0.25) is 0 Å². The first-order valence-corrected chi connectivity index (χ1v) is 11.5. The van der Waals surface area contributed by atoms with Crippen LogP contribution in [0.1, 0.15) is 48.9 Å². The molecule has 0 saturated heterocycles. The SMILES string of the molecule is COc1cccc(NC(=O)N(Cc2cccn2Cc2ccccc2C)C2CCCCC2)c1. The van der Waals surface area contributed by atoms with Gasteiger partial charge in [0, 0.05) is 36.2 Å². The molecule has 0 radical (unpaired) electrons. The number of aromatic nitrogens is 1. The van der Waals surface area contributed by atoms with Crippen molar-refractivity contribution in [3.63, 3.8) is 0 Å². The quantitative estimate of drug-likeness (QED) is 0.483. The minimum Gasteiger partial charge on any atom is -0.497 e. The van der Waals surface area contributed by atoms with Crippen LogP contribution in [0.15, 0.2) is 66.9 Å². The lowest BCUT2D eigenvalue weighted by Crippen LogP contribution is -2.43. The molecular weight excluding hydrogens is 398 g/mol. The summed E-state index contributed by atoms with van der Waals surface area (Å²) in [5.41, 5.74) is 4.49. The van der Waals surface area contributed by atoms with Crippen LogP contribution in [0.25, 0.3) is 0 Å². The van der Waals surface area contributed by atoms with Crippen molar-refractivity contribution in [2.75, 3.05) is 12.4 Å². The Hall–Kier alpha value is -3.21. The van der Waals surface area contributed by atoms with Gasteiger partial charge in [-0.05, 0) is 55.2 Å². The Morgan fingerprint density at radius 1 is 1.06 bits per heavy atom. The number of rotatable bonds is 7. The van der Waals surface area contributed by atoms with Gasteiger partial charge in [-0.1, -0.05) is 49.6 Å². The Bertz CT molecular complexity index is 1040. The van der Waals surface area contributed by atoms with E-state index >= 15 is 0 Å². The van der Waals surface area contributed by atoms with Gasteiger partial charge in [0.25, 0.3) is 0 Å². The molecule has 5 heteroatoms. The molecule has 0 atom stereocenters. The van der Waals surface area contributed by atoms with Crippen LogP contribution in [-0.2, 0) is 13.1 Å². The predicted molar refractivity (Wildman–Crippen MR) is 129 cm³/mol. The lowest BCUT2D eigenvalue weighted by atomic mass is 9.94. The second kappa shape index (κ2) is 10.4. The minimum atomic E-state index is -0.0474. The molecule has 3 aromatic rings. The Labute approximate surface area is 191 Å². The number of methoxy groups -OCH3 is 1. The second-order valence-corrected chi connectivity index (χ2v) is 8.64. The Balaban J connectivity index is 1.54. The average molecular weight is 432 g/mol. The van der Waals surface area contributed by atoms with E-state index in [0.717, 1.165) is 36.5 Å². The molecule has 1 N–H and O–H groups in total. The first-order valence-electron chi connectivity index (χ1n) is 11.5. The third-order valence-electron chi connectivity index (χ3n) is 6.46. The standard InChI is InChI=1S/C27H33N3O2/c1-21-10-6-7-11-22(21)19-29-17-9-15-25(29)20-30(24-13-4-3-5-14-24)27(31)28-23-12-8-16-26(18-23)32-2/h6-12,15-18,24H,3-5,13-14,19-20H2,1-2H3,(H,28,31). The van der Waals surface area contributed by atoms with E-state index in [9.17, 15) is 4.79 Å². The smallest absolute Gasteiger partial charge is 0.322 e. The van der Waals surface area contributed by atoms with Gasteiger partial charge in [-0.15, -0.1) is 0 Å². The van der Waals surface area contributed by atoms with Gasteiger partial charge >= 0.3 is 6.03 Å². The molecule has 4 rings (SSSR count). The van der Waals surface area contributed by atoms with Crippen LogP contribution in [0.3, 0.4) is 0 Å². The summed E-state index contributed by atoms with van der Waals surface area (Å²) in [5.74, 6) is 0.735. The summed E-state index contributed by atoms with van der Waals surface area (Å²) in [7, 11) is 1.64. The van der Waals surface area contributed by atoms with Gasteiger partial charge in [0.15, 0.2) is 0 Å². The molecule has 32 heavy (non-hydrogen) atoms. The summed E-state index contributed by atoms with van der Waals surface area (Å²) >= 11 is 0. The number of hydrogen-bond donors (Lipinski definition) is 1. The van der Waals surface area contributed by atoms with Crippen LogP contribution in [0.4, 0.5) is 10.5 Å². The molecule has 168 valence electrons. The molecule has 0 spiro atoms. The number of urea groups is 1. The van der Waals surface area contributed by atoms with E-state index in [1.807, 2.05) is 29.2 Å². The normalized spacial score (nSPS) is 14.2. The van der Waals surface area contributed by atoms with Crippen LogP contribution in [0.5, 0.6) is 5.75 Å². The Morgan fingerprint density at radius 3 is 2.66 bits per heavy atom. The van der Waals surface area contributed by atoms with Gasteiger partial charge < -0.3 is 19.5 Å². The lowest BCUT2D eigenvalue weighted by Gasteiger charge is -2.34. The summed E-state index contributed by atoms with van der Waals surface area (Å²) in [6.07, 6.45) is 7.84. The molecule has 0 bridgehead atoms. The van der Waals surface area contributed by atoms with E-state index in [-0.39, 0.29) is 12.1 Å². The highest BCUT2D eigenvalue weighted by Gasteiger charge is 2.26. The van der Waals surface area contributed by atoms with Crippen LogP contribution in [0, 0.1) is 6.92 Å². The van der Waals surface area contributed by atoms with Gasteiger partial charge in [0.05, 0.1) is 13.7 Å². The maximum absolute atomic E-state index is 13.4. The maximum atomic E-state index is 13.4. The third kappa shape index (κ3) is 5.34. The van der Waals surface area contributed by atoms with Crippen molar-refractivity contribution in [1.82, 2.24) is 9.47 Å². The zero-order valence-corrected chi connectivity index (χ0v) is 19.1. The fourth-order valence-corrected chi connectivity index (χ4v) is 4.55. The zero-order valence-electron chi connectivity index (χ0n) is 19.1. The number of ether oxygens (including phenoxy) is 1. The number of amides is 2. The number of nitrogens with zero attached hydrogens (tertiary/aromatic N) is 2. The first-order chi connectivity index (χ1) is 15.6. The van der Waals surface area contributed by atoms with Crippen molar-refractivity contribution >= 4 is 11.7 Å². The summed E-state index contributed by atoms with van der Waals surface area (Å²) in [6.45, 7) is 3.55. The van der Waals surface area contributed by atoms with Gasteiger partial charge in [-0.25, -0.2) is 4.79 Å². The van der Waals surface area contributed by atoms with E-state index in [1.54, 1.807) is 7.11 Å². The predicted octanol–water partition coefficient (Wildman–Crippen LogP) is 6.22. The summed E-state index contributed by atoms with van der Waals surface area (Å²) < 4.78 is 7.57. The van der Waals surface area contributed by atoms with Crippen molar-refractivity contribution in [2.24, 2.45) is 0 Å². The van der Waals surface area contributed by atoms with E-state index < -0.39 is 0 Å². The van der Waals surface area contributed by atoms with Crippen molar-refractivity contribution in [1.29, 1.82) is 0 Å². The van der Waals surface area contributed by atoms with E-state index in [4.69, 9.17) is 4.74 Å². The number of carbonyl (C=O) groups is 1. The number of hydrogen-bond acceptors (Lipinski definition) is 2. The highest BCUT2D eigenvalue weighted by atomic mass is 16.5. The third-order valence-corrected chi connectivity index (χ3v) is 6.46. The van der Waals surface area contributed by atoms with E-state index in [2.05, 4.69) is 59.4 Å². The van der Waals surface area contributed by atoms with Gasteiger partial charge in [-0.2, -0.15) is 0 Å². The second-order valence-electron chi connectivity index (χ2n) is 8.64. The molecule has 2 aromatic carbocycles. The fourth-order valence-electron chi connectivity index (χ4n) is 4.55. The molecule has 0 unspecified atom stereocenters. The molecule has 5 nitrogen and oxygen atoms in total. The van der Waals surface area contributed by atoms with Crippen LogP contribution in [-0.4, -0.2) is 28.6 Å². The number of nitrogens with one attached hydrogen (secondary N) is 1. The van der Waals surface area contributed by atoms with E-state index in [1.165, 1.54) is 30.4 Å². The molecule has 1 aliphatic carbocycles.